The minimum absolute atomic E-state index is 0.478. The van der Waals surface area contributed by atoms with Crippen LogP contribution in [0, 0.1) is 24.7 Å². The lowest BCUT2D eigenvalue weighted by Crippen LogP contribution is -1.86. The lowest BCUT2D eigenvalue weighted by atomic mass is 10.3. The molecule has 0 radical (unpaired) electrons. The van der Waals surface area contributed by atoms with E-state index in [0.29, 0.717) is 5.69 Å². The van der Waals surface area contributed by atoms with Crippen LogP contribution >= 0.6 is 0 Å². The normalized spacial score (nSPS) is 7.31. The fraction of sp³-hybridized carbons (Fsp3) is 0.462. The molecular weight excluding hydrogens is 203 g/mol. The van der Waals surface area contributed by atoms with Gasteiger partial charge in [-0.1, -0.05) is 34.6 Å². The van der Waals surface area contributed by atoms with E-state index < -0.39 is 5.95 Å². The monoisotopic (exact) mass is 226 g/mol. The molecule has 0 amide bonds. The Morgan fingerprint density at radius 3 is 1.75 bits per heavy atom. The molecule has 16 heavy (non-hydrogen) atoms. The zero-order chi connectivity index (χ0) is 13.6. The molecule has 1 heterocycles. The molecule has 0 aromatic carbocycles. The predicted molar refractivity (Wildman–Crippen MR) is 70.4 cm³/mol. The predicted octanol–water partition coefficient (Wildman–Crippen LogP) is 3.74. The molecule has 0 fully saturated rings. The highest BCUT2D eigenvalue weighted by Gasteiger charge is 1.85. The number of hydrogen-bond acceptors (Lipinski definition) is 2. The second-order valence-electron chi connectivity index (χ2n) is 3.15. The Morgan fingerprint density at radius 2 is 1.56 bits per heavy atom. The van der Waals surface area contributed by atoms with Gasteiger partial charge < -0.3 is 5.73 Å². The lowest BCUT2D eigenvalue weighted by molar-refractivity contribution is 0.584. The van der Waals surface area contributed by atoms with E-state index in [4.69, 9.17) is 5.73 Å². The first kappa shape index (κ1) is 19.9. The van der Waals surface area contributed by atoms with Crippen molar-refractivity contribution in [2.45, 2.75) is 34.6 Å². The maximum atomic E-state index is 11.9. The van der Waals surface area contributed by atoms with Crippen molar-refractivity contribution in [3.8, 4) is 12.8 Å². The van der Waals surface area contributed by atoms with Crippen molar-refractivity contribution < 1.29 is 4.39 Å². The van der Waals surface area contributed by atoms with Gasteiger partial charge in [-0.3, -0.25) is 0 Å². The lowest BCUT2D eigenvalue weighted by Gasteiger charge is -1.86. The maximum Gasteiger partial charge on any atom is 0.212 e. The van der Waals surface area contributed by atoms with Crippen molar-refractivity contribution in [3.63, 3.8) is 0 Å². The zero-order valence-corrected chi connectivity index (χ0v) is 10.9. The smallest absolute Gasteiger partial charge is 0.212 e. The number of rotatable bonds is 0. The topological polar surface area (TPSA) is 38.9 Å². The van der Waals surface area contributed by atoms with E-state index in [1.54, 1.807) is 0 Å². The average molecular weight is 226 g/mol. The summed E-state index contributed by atoms with van der Waals surface area (Å²) in [6.07, 6.45) is 9.27. The van der Waals surface area contributed by atoms with Crippen LogP contribution < -0.4 is 5.73 Å². The van der Waals surface area contributed by atoms with Gasteiger partial charge in [-0.25, -0.2) is 4.98 Å². The molecule has 1 rings (SSSR count). The quantitative estimate of drug-likeness (QED) is 0.540. The second kappa shape index (κ2) is 15.9. The van der Waals surface area contributed by atoms with Crippen LogP contribution in [0.3, 0.4) is 0 Å². The molecule has 0 atom stereocenters. The summed E-state index contributed by atoms with van der Waals surface area (Å²) in [6, 6.07) is 2.68. The summed E-state index contributed by atoms with van der Waals surface area (Å²) in [7, 11) is 0. The fourth-order valence-electron chi connectivity index (χ4n) is 0.387. The number of pyridine rings is 1. The van der Waals surface area contributed by atoms with Crippen molar-refractivity contribution in [1.82, 2.24) is 4.98 Å². The van der Waals surface area contributed by atoms with Gasteiger partial charge in [-0.2, -0.15) is 4.39 Å². The average Bonchev–Trinajstić information content (AvgIpc) is 2.27. The fourth-order valence-corrected chi connectivity index (χ4v) is 0.387. The molecule has 0 bridgehead atoms. The first-order chi connectivity index (χ1) is 7.52. The van der Waals surface area contributed by atoms with E-state index in [1.807, 2.05) is 13.8 Å². The minimum Gasteiger partial charge on any atom is -0.397 e. The Morgan fingerprint density at radius 1 is 1.19 bits per heavy atom. The summed E-state index contributed by atoms with van der Waals surface area (Å²) >= 11 is 0. The number of hydrogen-bond donors (Lipinski definition) is 1. The summed E-state index contributed by atoms with van der Waals surface area (Å²) < 4.78 is 11.9. The summed E-state index contributed by atoms with van der Waals surface area (Å²) in [5.41, 5.74) is 5.68. The van der Waals surface area contributed by atoms with E-state index in [2.05, 4.69) is 38.6 Å². The number of nitrogens with zero attached hydrogens (tertiary/aromatic N) is 1. The minimum atomic E-state index is -0.501. The number of anilines is 1. The molecule has 1 aromatic rings. The number of nitrogens with two attached hydrogens (primary N) is 1. The zero-order valence-electron chi connectivity index (χ0n) is 10.9. The van der Waals surface area contributed by atoms with E-state index in [0.717, 1.165) is 5.92 Å². The molecule has 92 valence electrons. The first-order valence-corrected chi connectivity index (χ1v) is 5.22. The number of halogens is 1. The Labute approximate surface area is 99.1 Å². The van der Waals surface area contributed by atoms with Gasteiger partial charge in [0.05, 0.1) is 11.9 Å². The Hall–Kier alpha value is -1.56. The molecule has 0 unspecified atom stereocenters. The first-order valence-electron chi connectivity index (χ1n) is 5.22. The van der Waals surface area contributed by atoms with Crippen LogP contribution in [-0.4, -0.2) is 4.98 Å². The summed E-state index contributed by atoms with van der Waals surface area (Å²) in [5, 5.41) is 0. The number of aromatic nitrogens is 1. The molecule has 0 aliphatic carbocycles. The summed E-state index contributed by atoms with van der Waals surface area (Å²) in [5.74, 6) is 0.333. The molecule has 2 N–H and O–H groups in total. The molecule has 0 aliphatic rings. The molecule has 1 aromatic heterocycles. The highest BCUT2D eigenvalue weighted by Crippen LogP contribution is 1.97. The van der Waals surface area contributed by atoms with Crippen LogP contribution in [0.2, 0.25) is 0 Å². The summed E-state index contributed by atoms with van der Waals surface area (Å²) in [6.45, 7) is 10.5. The Bertz CT molecular complexity index is 216. The van der Waals surface area contributed by atoms with E-state index in [1.165, 1.54) is 18.3 Å². The van der Waals surface area contributed by atoms with Crippen molar-refractivity contribution in [2.24, 2.45) is 5.92 Å². The number of terminal acetylenes is 1. The molecule has 0 spiro atoms. The van der Waals surface area contributed by atoms with Gasteiger partial charge in [0.25, 0.3) is 0 Å². The van der Waals surface area contributed by atoms with Gasteiger partial charge in [0.1, 0.15) is 0 Å². The molecule has 0 saturated carbocycles. The van der Waals surface area contributed by atoms with Crippen molar-refractivity contribution >= 4 is 5.69 Å². The highest BCUT2D eigenvalue weighted by atomic mass is 19.1. The second-order valence-corrected chi connectivity index (χ2v) is 3.15. The molecule has 0 aliphatic heterocycles. The van der Waals surface area contributed by atoms with Crippen molar-refractivity contribution in [1.29, 1.82) is 0 Å². The van der Waals surface area contributed by atoms with Crippen LogP contribution in [0.25, 0.3) is 0 Å². The van der Waals surface area contributed by atoms with E-state index in [-0.39, 0.29) is 0 Å². The van der Waals surface area contributed by atoms with Gasteiger partial charge in [0, 0.05) is 0 Å². The van der Waals surface area contributed by atoms with Crippen LogP contribution in [0.15, 0.2) is 18.3 Å². The molecule has 2 nitrogen and oxygen atoms in total. The van der Waals surface area contributed by atoms with Gasteiger partial charge in [0.15, 0.2) is 0 Å². The van der Waals surface area contributed by atoms with Crippen LogP contribution in [0.1, 0.15) is 34.6 Å². The third-order valence-corrected chi connectivity index (χ3v) is 0.750. The van der Waals surface area contributed by atoms with Gasteiger partial charge in [-0.15, -0.1) is 12.8 Å². The molecular formula is C13H23FN2. The Kier molecular flexibility index (Phi) is 19.8. The van der Waals surface area contributed by atoms with Gasteiger partial charge in [-0.05, 0) is 18.1 Å². The largest absolute Gasteiger partial charge is 0.397 e. The number of nitrogen functional groups attached to an aromatic ring is 1. The van der Waals surface area contributed by atoms with Gasteiger partial charge in [0.2, 0.25) is 5.95 Å². The van der Waals surface area contributed by atoms with Crippen LogP contribution in [0.5, 0.6) is 0 Å². The van der Waals surface area contributed by atoms with Crippen molar-refractivity contribution in [2.75, 3.05) is 5.73 Å². The standard InChI is InChI=1S/C5H5FN2.C4H10.C2H6.C2H2/c6-5-2-1-4(7)3-8-5;1-4(2)3;2*1-2/h1-3H,7H2;4H,1-3H3;1-2H3;1-2H. The Balaban J connectivity index is -0.000000181. The molecule has 3 heteroatoms. The van der Waals surface area contributed by atoms with Gasteiger partial charge >= 0.3 is 0 Å². The van der Waals surface area contributed by atoms with Crippen LogP contribution in [0.4, 0.5) is 10.1 Å². The highest BCUT2D eigenvalue weighted by molar-refractivity contribution is 5.32. The SMILES string of the molecule is C#C.CC.CC(C)C.Nc1ccc(F)nc1. The maximum absolute atomic E-state index is 11.9. The van der Waals surface area contributed by atoms with E-state index in [9.17, 15) is 4.39 Å². The van der Waals surface area contributed by atoms with Crippen molar-refractivity contribution in [3.05, 3.63) is 24.3 Å². The molecule has 0 saturated heterocycles. The summed E-state index contributed by atoms with van der Waals surface area (Å²) in [4.78, 5) is 3.29. The third kappa shape index (κ3) is 22.9. The van der Waals surface area contributed by atoms with Crippen LogP contribution in [-0.2, 0) is 0 Å². The third-order valence-electron chi connectivity index (χ3n) is 0.750. The van der Waals surface area contributed by atoms with E-state index >= 15 is 0 Å².